The number of amides is 1. The second-order valence-corrected chi connectivity index (χ2v) is 8.82. The molecule has 33 heavy (non-hydrogen) atoms. The Kier molecular flexibility index (Phi) is 7.86. The van der Waals surface area contributed by atoms with E-state index in [2.05, 4.69) is 10.0 Å². The maximum Gasteiger partial charge on any atom is 0.261 e. The summed E-state index contributed by atoms with van der Waals surface area (Å²) < 4.78 is 29.6. The molecule has 0 aliphatic heterocycles. The molecule has 0 heterocycles. The summed E-state index contributed by atoms with van der Waals surface area (Å²) in [7, 11) is -1.98. The summed E-state index contributed by atoms with van der Waals surface area (Å²) >= 11 is 11.9. The molecule has 0 aromatic heterocycles. The molecular formula is C23H18Cl2FN3O3S. The Morgan fingerprint density at radius 3 is 2.30 bits per heavy atom. The van der Waals surface area contributed by atoms with Gasteiger partial charge in [-0.05, 0) is 55.5 Å². The molecule has 0 radical (unpaired) electrons. The molecule has 0 aliphatic rings. The second-order valence-electron chi connectivity index (χ2n) is 6.79. The van der Waals surface area contributed by atoms with E-state index in [1.807, 2.05) is 0 Å². The molecule has 1 atom stereocenters. The first-order valence-electron chi connectivity index (χ1n) is 9.46. The highest BCUT2D eigenvalue weighted by Crippen LogP contribution is 2.24. The van der Waals surface area contributed by atoms with E-state index in [4.69, 9.17) is 28.6 Å². The van der Waals surface area contributed by atoms with Gasteiger partial charge in [0, 0.05) is 27.0 Å². The zero-order chi connectivity index (χ0) is 24.1. The minimum absolute atomic E-state index is 0.119. The van der Waals surface area contributed by atoms with Crippen molar-refractivity contribution in [3.05, 3.63) is 99.5 Å². The van der Waals surface area contributed by atoms with Gasteiger partial charge in [-0.3, -0.25) is 10.2 Å². The van der Waals surface area contributed by atoms with Gasteiger partial charge in [0.05, 0.1) is 10.6 Å². The lowest BCUT2D eigenvalue weighted by Gasteiger charge is -2.14. The van der Waals surface area contributed by atoms with E-state index in [-0.39, 0.29) is 32.5 Å². The molecule has 3 aromatic rings. The molecule has 10 heteroatoms. The normalized spacial score (nSPS) is 12.5. The third-order valence-corrected chi connectivity index (χ3v) is 6.14. The molecule has 0 spiro atoms. The van der Waals surface area contributed by atoms with E-state index in [0.29, 0.717) is 10.7 Å². The maximum absolute atomic E-state index is 14.3. The van der Waals surface area contributed by atoms with Crippen molar-refractivity contribution in [2.45, 2.75) is 11.8 Å². The molecule has 0 saturated carbocycles. The summed E-state index contributed by atoms with van der Waals surface area (Å²) in [6.07, 6.45) is 0. The maximum atomic E-state index is 14.3. The minimum atomic E-state index is -1.98. The highest BCUT2D eigenvalue weighted by Gasteiger charge is 2.22. The fourth-order valence-corrected chi connectivity index (χ4v) is 4.15. The van der Waals surface area contributed by atoms with Crippen LogP contribution in [0, 0.1) is 11.2 Å². The average molecular weight is 506 g/mol. The van der Waals surface area contributed by atoms with Crippen LogP contribution in [0.5, 0.6) is 0 Å². The van der Waals surface area contributed by atoms with E-state index >= 15 is 0 Å². The van der Waals surface area contributed by atoms with Gasteiger partial charge in [-0.25, -0.2) is 8.60 Å². The van der Waals surface area contributed by atoms with Gasteiger partial charge in [-0.2, -0.15) is 0 Å². The third kappa shape index (κ3) is 5.98. The Balaban J connectivity index is 1.83. The van der Waals surface area contributed by atoms with Gasteiger partial charge in [0.25, 0.3) is 5.91 Å². The van der Waals surface area contributed by atoms with Crippen LogP contribution < -0.4 is 10.0 Å². The zero-order valence-corrected chi connectivity index (χ0v) is 19.5. The Morgan fingerprint density at radius 2 is 1.67 bits per heavy atom. The quantitative estimate of drug-likeness (QED) is 0.177. The number of allylic oxidation sites excluding steroid dienone is 1. The first kappa shape index (κ1) is 24.4. The summed E-state index contributed by atoms with van der Waals surface area (Å²) in [5.74, 6) is -1.95. The Labute approximate surface area is 202 Å². The van der Waals surface area contributed by atoms with Crippen molar-refractivity contribution in [1.82, 2.24) is 0 Å². The van der Waals surface area contributed by atoms with Crippen molar-refractivity contribution in [3.8, 4) is 0 Å². The SMILES string of the molecule is C/C(O)=C(/C(=N)c1ccccc1Cl)C(=O)Nc1ccc(F)c(S(=O)Nc2ccc(Cl)cc2)c1. The van der Waals surface area contributed by atoms with Crippen molar-refractivity contribution in [2.24, 2.45) is 0 Å². The number of halogens is 3. The number of hydrogen-bond acceptors (Lipinski definition) is 4. The monoisotopic (exact) mass is 505 g/mol. The van der Waals surface area contributed by atoms with Crippen LogP contribution in [0.15, 0.2) is 83.0 Å². The van der Waals surface area contributed by atoms with Crippen LogP contribution in [0.2, 0.25) is 10.0 Å². The van der Waals surface area contributed by atoms with Gasteiger partial charge in [0.1, 0.15) is 17.1 Å². The van der Waals surface area contributed by atoms with Gasteiger partial charge in [-0.15, -0.1) is 0 Å². The molecule has 0 aliphatic carbocycles. The van der Waals surface area contributed by atoms with Crippen molar-refractivity contribution < 1.29 is 18.5 Å². The second kappa shape index (κ2) is 10.6. The molecule has 1 unspecified atom stereocenters. The van der Waals surface area contributed by atoms with Crippen molar-refractivity contribution in [1.29, 1.82) is 5.41 Å². The largest absolute Gasteiger partial charge is 0.512 e. The lowest BCUT2D eigenvalue weighted by atomic mass is 10.0. The highest BCUT2D eigenvalue weighted by molar-refractivity contribution is 7.86. The molecule has 1 amide bonds. The van der Waals surface area contributed by atoms with Crippen LogP contribution in [0.1, 0.15) is 12.5 Å². The fraction of sp³-hybridized carbons (Fsp3) is 0.0435. The molecule has 3 rings (SSSR count). The molecule has 0 bridgehead atoms. The van der Waals surface area contributed by atoms with Gasteiger partial charge in [0.2, 0.25) is 0 Å². The number of benzene rings is 3. The molecule has 170 valence electrons. The zero-order valence-electron chi connectivity index (χ0n) is 17.2. The third-order valence-electron chi connectivity index (χ3n) is 4.43. The molecule has 4 N–H and O–H groups in total. The number of aliphatic hydroxyl groups is 1. The number of carbonyl (C=O) groups is 1. The minimum Gasteiger partial charge on any atom is -0.512 e. The van der Waals surface area contributed by atoms with Crippen LogP contribution in [0.3, 0.4) is 0 Å². The number of hydrogen-bond donors (Lipinski definition) is 4. The lowest BCUT2D eigenvalue weighted by molar-refractivity contribution is -0.112. The molecule has 0 saturated heterocycles. The average Bonchev–Trinajstić information content (AvgIpc) is 2.76. The number of rotatable bonds is 7. The van der Waals surface area contributed by atoms with Gasteiger partial charge < -0.3 is 15.1 Å². The summed E-state index contributed by atoms with van der Waals surface area (Å²) in [6.45, 7) is 1.27. The first-order chi connectivity index (χ1) is 15.7. The number of anilines is 2. The standard InChI is InChI=1S/C23H18Cl2FN3O3S/c1-13(30)21(22(27)17-4-2-3-5-18(17)25)23(31)28-16-10-11-19(26)20(12-16)33(32)29-15-8-6-14(24)7-9-15/h2-12,27,29-30H,1H3,(H,28,31)/b21-13+,27-22?. The van der Waals surface area contributed by atoms with E-state index in [1.54, 1.807) is 48.5 Å². The van der Waals surface area contributed by atoms with E-state index < -0.39 is 28.5 Å². The lowest BCUT2D eigenvalue weighted by Crippen LogP contribution is -2.23. The van der Waals surface area contributed by atoms with E-state index in [1.165, 1.54) is 19.1 Å². The summed E-state index contributed by atoms with van der Waals surface area (Å²) in [5, 5.41) is 21.6. The van der Waals surface area contributed by atoms with Gasteiger partial charge in [-0.1, -0.05) is 41.4 Å². The van der Waals surface area contributed by atoms with Gasteiger partial charge >= 0.3 is 0 Å². The topological polar surface area (TPSA) is 102 Å². The van der Waals surface area contributed by atoms with Gasteiger partial charge in [0.15, 0.2) is 11.0 Å². The van der Waals surface area contributed by atoms with Crippen LogP contribution in [-0.4, -0.2) is 20.9 Å². The Morgan fingerprint density at radius 1 is 1.03 bits per heavy atom. The number of carbonyl (C=O) groups excluding carboxylic acids is 1. The van der Waals surface area contributed by atoms with Crippen molar-refractivity contribution in [3.63, 3.8) is 0 Å². The molecule has 0 fully saturated rings. The molecular weight excluding hydrogens is 488 g/mol. The molecule has 6 nitrogen and oxygen atoms in total. The van der Waals surface area contributed by atoms with E-state index in [9.17, 15) is 18.5 Å². The van der Waals surface area contributed by atoms with Crippen molar-refractivity contribution in [2.75, 3.05) is 10.0 Å². The van der Waals surface area contributed by atoms with Crippen LogP contribution in [0.25, 0.3) is 0 Å². The summed E-state index contributed by atoms with van der Waals surface area (Å²) in [5.41, 5.74) is 0.239. The number of nitrogens with one attached hydrogen (secondary N) is 3. The summed E-state index contributed by atoms with van der Waals surface area (Å²) in [4.78, 5) is 12.7. The Hall–Kier alpha value is -3.20. The predicted octanol–water partition coefficient (Wildman–Crippen LogP) is 6.11. The smallest absolute Gasteiger partial charge is 0.261 e. The first-order valence-corrected chi connectivity index (χ1v) is 11.4. The van der Waals surface area contributed by atoms with E-state index in [0.717, 1.165) is 6.07 Å². The van der Waals surface area contributed by atoms with Crippen molar-refractivity contribution >= 4 is 57.2 Å². The van der Waals surface area contributed by atoms with Crippen LogP contribution in [0.4, 0.5) is 15.8 Å². The summed E-state index contributed by atoms with van der Waals surface area (Å²) in [6, 6.07) is 16.3. The fourth-order valence-electron chi connectivity index (χ4n) is 2.85. The Bertz CT molecular complexity index is 1280. The number of aliphatic hydroxyl groups excluding tert-OH is 1. The molecule has 3 aromatic carbocycles. The van der Waals surface area contributed by atoms with Crippen LogP contribution >= 0.6 is 23.2 Å². The van der Waals surface area contributed by atoms with Crippen LogP contribution in [-0.2, 0) is 15.8 Å². The predicted molar refractivity (Wildman–Crippen MR) is 130 cm³/mol. The highest BCUT2D eigenvalue weighted by atomic mass is 35.5.